The number of carboxylic acid groups (broad SMARTS) is 1. The summed E-state index contributed by atoms with van der Waals surface area (Å²) in [5.74, 6) is 1.06. The Hall–Kier alpha value is -2.15. The molecule has 1 aromatic carbocycles. The van der Waals surface area contributed by atoms with Crippen molar-refractivity contribution in [1.82, 2.24) is 9.55 Å². The number of nitrogen functional groups attached to an aromatic ring is 1. The molecule has 0 saturated heterocycles. The molecule has 1 aromatic heterocycles. The molecule has 0 amide bonds. The van der Waals surface area contributed by atoms with Crippen molar-refractivity contribution in [3.05, 3.63) is 41.7 Å². The van der Waals surface area contributed by atoms with E-state index in [1.807, 2.05) is 23.9 Å². The van der Waals surface area contributed by atoms with Crippen LogP contribution in [0.25, 0.3) is 0 Å². The van der Waals surface area contributed by atoms with Crippen LogP contribution in [0.4, 0.5) is 10.6 Å². The lowest BCUT2D eigenvalue weighted by Crippen LogP contribution is -2.35. The van der Waals surface area contributed by atoms with E-state index in [1.165, 1.54) is 5.56 Å². The van der Waals surface area contributed by atoms with Gasteiger partial charge in [0.05, 0.1) is 6.04 Å². The van der Waals surface area contributed by atoms with Gasteiger partial charge in [0.25, 0.3) is 5.88 Å². The summed E-state index contributed by atoms with van der Waals surface area (Å²) in [6.45, 7) is 4.25. The van der Waals surface area contributed by atoms with Crippen LogP contribution in [0.1, 0.15) is 31.0 Å². The molecular formula is C15H17N3O3S. The van der Waals surface area contributed by atoms with Crippen molar-refractivity contribution in [2.75, 3.05) is 5.73 Å². The number of ether oxygens (including phenoxy) is 1. The minimum atomic E-state index is -1.40. The third kappa shape index (κ3) is 2.41. The molecule has 0 radical (unpaired) electrons. The van der Waals surface area contributed by atoms with Crippen molar-refractivity contribution in [2.45, 2.75) is 30.4 Å². The van der Waals surface area contributed by atoms with Gasteiger partial charge in [-0.2, -0.15) is 0 Å². The average Bonchev–Trinajstić information content (AvgIpc) is 2.79. The Morgan fingerprint density at radius 2 is 2.23 bits per heavy atom. The number of imidazole rings is 1. The summed E-state index contributed by atoms with van der Waals surface area (Å²) >= 11 is 1.81. The number of nitrogens with two attached hydrogens (primary N) is 1. The van der Waals surface area contributed by atoms with Crippen molar-refractivity contribution < 1.29 is 14.6 Å². The first-order chi connectivity index (χ1) is 10.4. The highest BCUT2D eigenvalue weighted by molar-refractivity contribution is 8.00. The van der Waals surface area contributed by atoms with Crippen LogP contribution in [0.3, 0.4) is 0 Å². The molecule has 3 rings (SSSR count). The van der Waals surface area contributed by atoms with Crippen LogP contribution in [-0.4, -0.2) is 25.6 Å². The quantitative estimate of drug-likeness (QED) is 0.826. The van der Waals surface area contributed by atoms with Gasteiger partial charge in [0.1, 0.15) is 6.33 Å². The van der Waals surface area contributed by atoms with Gasteiger partial charge >= 0.3 is 6.16 Å². The zero-order valence-corrected chi connectivity index (χ0v) is 13.1. The minimum Gasteiger partial charge on any atom is -0.449 e. The maximum absolute atomic E-state index is 10.9. The topological polar surface area (TPSA) is 90.4 Å². The standard InChI is InChI=1S/C15H17N3O3S/c1-15(2)11(10-6-4-3-5-9(10)7-22-15)18-8-17-12(16)13(18)21-14(19)20/h3-6,8,11H,7,16H2,1-2H3,(H,19,20). The van der Waals surface area contributed by atoms with Crippen LogP contribution in [0.15, 0.2) is 30.6 Å². The number of thioether (sulfide) groups is 1. The number of anilines is 1. The summed E-state index contributed by atoms with van der Waals surface area (Å²) in [6, 6.07) is 8.02. The van der Waals surface area contributed by atoms with Crippen molar-refractivity contribution in [2.24, 2.45) is 0 Å². The van der Waals surface area contributed by atoms with Crippen LogP contribution in [-0.2, 0) is 5.75 Å². The lowest BCUT2D eigenvalue weighted by atomic mass is 9.91. The summed E-state index contributed by atoms with van der Waals surface area (Å²) in [4.78, 5) is 15.0. The molecule has 7 heteroatoms. The molecule has 0 spiro atoms. The molecule has 2 aromatic rings. The highest BCUT2D eigenvalue weighted by atomic mass is 32.2. The Bertz CT molecular complexity index is 727. The van der Waals surface area contributed by atoms with E-state index in [-0.39, 0.29) is 22.5 Å². The van der Waals surface area contributed by atoms with Crippen LogP contribution >= 0.6 is 11.8 Å². The highest BCUT2D eigenvalue weighted by Crippen LogP contribution is 2.49. The summed E-state index contributed by atoms with van der Waals surface area (Å²) in [7, 11) is 0. The van der Waals surface area contributed by atoms with Crippen LogP contribution in [0, 0.1) is 0 Å². The van der Waals surface area contributed by atoms with Gasteiger partial charge in [0.15, 0.2) is 5.82 Å². The van der Waals surface area contributed by atoms with E-state index >= 15 is 0 Å². The Balaban J connectivity index is 2.16. The van der Waals surface area contributed by atoms with Gasteiger partial charge in [0, 0.05) is 10.5 Å². The maximum Gasteiger partial charge on any atom is 0.512 e. The molecule has 22 heavy (non-hydrogen) atoms. The van der Waals surface area contributed by atoms with Gasteiger partial charge in [-0.25, -0.2) is 9.78 Å². The first kappa shape index (κ1) is 14.8. The van der Waals surface area contributed by atoms with Gasteiger partial charge in [-0.15, -0.1) is 11.8 Å². The third-order valence-electron chi connectivity index (χ3n) is 3.84. The van der Waals surface area contributed by atoms with Crippen LogP contribution in [0.5, 0.6) is 5.88 Å². The largest absolute Gasteiger partial charge is 0.512 e. The van der Waals surface area contributed by atoms with E-state index in [1.54, 1.807) is 10.9 Å². The molecule has 2 heterocycles. The Labute approximate surface area is 132 Å². The normalized spacial score (nSPS) is 19.5. The molecule has 6 nitrogen and oxygen atoms in total. The zero-order chi connectivity index (χ0) is 15.9. The van der Waals surface area contributed by atoms with Gasteiger partial charge in [0.2, 0.25) is 0 Å². The summed E-state index contributed by atoms with van der Waals surface area (Å²) < 4.78 is 6.42. The molecule has 1 aliphatic heterocycles. The second-order valence-electron chi connectivity index (χ2n) is 5.70. The molecule has 0 fully saturated rings. The molecule has 1 unspecified atom stereocenters. The lowest BCUT2D eigenvalue weighted by Gasteiger charge is -2.40. The van der Waals surface area contributed by atoms with Crippen molar-refractivity contribution in [3.8, 4) is 5.88 Å². The smallest absolute Gasteiger partial charge is 0.449 e. The third-order valence-corrected chi connectivity index (χ3v) is 5.27. The van der Waals surface area contributed by atoms with E-state index in [0.29, 0.717) is 0 Å². The predicted octanol–water partition coefficient (Wildman–Crippen LogP) is 3.14. The first-order valence-electron chi connectivity index (χ1n) is 6.85. The van der Waals surface area contributed by atoms with E-state index < -0.39 is 6.16 Å². The highest BCUT2D eigenvalue weighted by Gasteiger charge is 2.39. The second kappa shape index (κ2) is 5.24. The Morgan fingerprint density at radius 1 is 1.50 bits per heavy atom. The summed E-state index contributed by atoms with van der Waals surface area (Å²) in [5.41, 5.74) is 8.14. The Morgan fingerprint density at radius 3 is 2.95 bits per heavy atom. The van der Waals surface area contributed by atoms with E-state index in [4.69, 9.17) is 15.6 Å². The fourth-order valence-electron chi connectivity index (χ4n) is 2.87. The number of nitrogens with zero attached hydrogens (tertiary/aromatic N) is 2. The van der Waals surface area contributed by atoms with Crippen molar-refractivity contribution in [3.63, 3.8) is 0 Å². The van der Waals surface area contributed by atoms with Gasteiger partial charge < -0.3 is 15.6 Å². The van der Waals surface area contributed by atoms with Crippen LogP contribution in [0.2, 0.25) is 0 Å². The van der Waals surface area contributed by atoms with E-state index in [2.05, 4.69) is 31.0 Å². The van der Waals surface area contributed by atoms with Gasteiger partial charge in [-0.1, -0.05) is 24.3 Å². The predicted molar refractivity (Wildman–Crippen MR) is 85.2 cm³/mol. The van der Waals surface area contributed by atoms with Crippen molar-refractivity contribution >= 4 is 23.7 Å². The first-order valence-corrected chi connectivity index (χ1v) is 7.83. The SMILES string of the molecule is CC1(C)SCc2ccccc2C1n1cnc(N)c1OC(=O)O. The molecule has 0 saturated carbocycles. The Kier molecular flexibility index (Phi) is 3.52. The molecule has 116 valence electrons. The summed E-state index contributed by atoms with van der Waals surface area (Å²) in [5, 5.41) is 8.93. The van der Waals surface area contributed by atoms with E-state index in [0.717, 1.165) is 11.3 Å². The summed E-state index contributed by atoms with van der Waals surface area (Å²) in [6.07, 6.45) is 0.144. The maximum atomic E-state index is 10.9. The number of benzene rings is 1. The van der Waals surface area contributed by atoms with E-state index in [9.17, 15) is 4.79 Å². The zero-order valence-electron chi connectivity index (χ0n) is 12.3. The monoisotopic (exact) mass is 319 g/mol. The number of hydrogen-bond acceptors (Lipinski definition) is 5. The van der Waals surface area contributed by atoms with Gasteiger partial charge in [-0.05, 0) is 25.0 Å². The van der Waals surface area contributed by atoms with Gasteiger partial charge in [-0.3, -0.25) is 4.57 Å². The average molecular weight is 319 g/mol. The number of aromatic nitrogens is 2. The number of hydrogen-bond donors (Lipinski definition) is 2. The number of rotatable bonds is 2. The molecule has 3 N–H and O–H groups in total. The van der Waals surface area contributed by atoms with Crippen LogP contribution < -0.4 is 10.5 Å². The molecule has 1 aliphatic rings. The number of fused-ring (bicyclic) bond motifs is 1. The minimum absolute atomic E-state index is 0.0721. The van der Waals surface area contributed by atoms with Crippen molar-refractivity contribution in [1.29, 1.82) is 0 Å². The molecule has 0 aliphatic carbocycles. The molecule has 1 atom stereocenters. The number of carbonyl (C=O) groups is 1. The second-order valence-corrected chi connectivity index (χ2v) is 7.33. The molecular weight excluding hydrogens is 302 g/mol. The lowest BCUT2D eigenvalue weighted by molar-refractivity contribution is 0.140. The fraction of sp³-hybridized carbons (Fsp3) is 0.333. The molecule has 0 bridgehead atoms. The fourth-order valence-corrected chi connectivity index (χ4v) is 4.06.